The van der Waals surface area contributed by atoms with Crippen LogP contribution in [0.25, 0.3) is 11.4 Å². The predicted molar refractivity (Wildman–Crippen MR) is 102 cm³/mol. The van der Waals surface area contributed by atoms with E-state index in [1.54, 1.807) is 19.4 Å². The molecule has 5 nitrogen and oxygen atoms in total. The molecule has 0 aliphatic carbocycles. The molecule has 122 valence electrons. The highest BCUT2D eigenvalue weighted by Crippen LogP contribution is 2.26. The van der Waals surface area contributed by atoms with Crippen molar-refractivity contribution in [2.75, 3.05) is 7.11 Å². The fraction of sp³-hybridized carbons (Fsp3) is 0.0625. The molecule has 1 N–H and O–H groups in total. The summed E-state index contributed by atoms with van der Waals surface area (Å²) in [7, 11) is 1.61. The van der Waals surface area contributed by atoms with Crippen molar-refractivity contribution in [3.05, 3.63) is 62.3 Å². The van der Waals surface area contributed by atoms with Crippen LogP contribution in [0, 0.1) is 4.77 Å². The van der Waals surface area contributed by atoms with Crippen LogP contribution in [-0.4, -0.2) is 28.2 Å². The zero-order valence-corrected chi connectivity index (χ0v) is 15.7. The Morgan fingerprint density at radius 2 is 2.12 bits per heavy atom. The molecule has 0 atom stereocenters. The number of H-pyrrole nitrogens is 1. The van der Waals surface area contributed by atoms with Crippen molar-refractivity contribution in [3.8, 4) is 17.1 Å². The fourth-order valence-electron chi connectivity index (χ4n) is 2.14. The molecular formula is C16H12BrClN4OS. The highest BCUT2D eigenvalue weighted by Gasteiger charge is 2.11. The number of nitrogens with one attached hydrogen (secondary N) is 1. The maximum atomic E-state index is 6.25. The standard InChI is InChI=1S/C16H12BrClN4OS/c1-23-14-7-6-11(17)8-10(14)9-19-22-15(20-21-16(22)24)12-4-2-3-5-13(12)18/h2-9H,1H3,(H,21,24)/b19-9+. The van der Waals surface area contributed by atoms with E-state index in [1.165, 1.54) is 4.68 Å². The summed E-state index contributed by atoms with van der Waals surface area (Å²) in [5.41, 5.74) is 1.55. The molecule has 0 amide bonds. The third-order valence-corrected chi connectivity index (χ3v) is 4.36. The van der Waals surface area contributed by atoms with Gasteiger partial charge in [-0.2, -0.15) is 14.9 Å². The lowest BCUT2D eigenvalue weighted by Crippen LogP contribution is -1.97. The molecule has 0 saturated heterocycles. The Labute approximate surface area is 157 Å². The van der Waals surface area contributed by atoms with Crippen molar-refractivity contribution in [2.45, 2.75) is 0 Å². The Morgan fingerprint density at radius 3 is 2.88 bits per heavy atom. The van der Waals surface area contributed by atoms with E-state index < -0.39 is 0 Å². The molecule has 0 unspecified atom stereocenters. The number of ether oxygens (including phenoxy) is 1. The van der Waals surface area contributed by atoms with Gasteiger partial charge in [-0.1, -0.05) is 39.7 Å². The molecule has 8 heteroatoms. The minimum atomic E-state index is 0.370. The van der Waals surface area contributed by atoms with Gasteiger partial charge in [0.05, 0.1) is 18.3 Å². The van der Waals surface area contributed by atoms with Gasteiger partial charge < -0.3 is 4.74 Å². The largest absolute Gasteiger partial charge is 0.496 e. The summed E-state index contributed by atoms with van der Waals surface area (Å²) >= 11 is 15.0. The van der Waals surface area contributed by atoms with Crippen molar-refractivity contribution >= 4 is 46.0 Å². The minimum absolute atomic E-state index is 0.370. The number of hydrogen-bond acceptors (Lipinski definition) is 4. The lowest BCUT2D eigenvalue weighted by atomic mass is 10.2. The van der Waals surface area contributed by atoms with Crippen LogP contribution in [0.1, 0.15) is 5.56 Å². The van der Waals surface area contributed by atoms with Gasteiger partial charge in [-0.25, -0.2) is 5.10 Å². The van der Waals surface area contributed by atoms with E-state index in [1.807, 2.05) is 36.4 Å². The zero-order chi connectivity index (χ0) is 17.1. The van der Waals surface area contributed by atoms with E-state index in [2.05, 4.69) is 31.2 Å². The number of aromatic amines is 1. The molecule has 0 radical (unpaired) electrons. The Kier molecular flexibility index (Phi) is 5.13. The molecule has 24 heavy (non-hydrogen) atoms. The third-order valence-electron chi connectivity index (χ3n) is 3.27. The first kappa shape index (κ1) is 16.9. The number of aromatic nitrogens is 3. The summed E-state index contributed by atoms with van der Waals surface area (Å²) in [5, 5.41) is 12.0. The highest BCUT2D eigenvalue weighted by molar-refractivity contribution is 9.10. The second-order valence-corrected chi connectivity index (χ2v) is 6.48. The average Bonchev–Trinajstić information content (AvgIpc) is 2.94. The van der Waals surface area contributed by atoms with Gasteiger partial charge in [-0.05, 0) is 42.5 Å². The Morgan fingerprint density at radius 1 is 1.33 bits per heavy atom. The Hall–Kier alpha value is -1.96. The van der Waals surface area contributed by atoms with E-state index in [4.69, 9.17) is 28.6 Å². The van der Waals surface area contributed by atoms with Gasteiger partial charge in [0, 0.05) is 15.6 Å². The van der Waals surface area contributed by atoms with Crippen LogP contribution in [0.3, 0.4) is 0 Å². The van der Waals surface area contributed by atoms with Crippen LogP contribution in [0.15, 0.2) is 52.0 Å². The summed E-state index contributed by atoms with van der Waals surface area (Å²) in [5.74, 6) is 1.24. The maximum Gasteiger partial charge on any atom is 0.216 e. The third kappa shape index (κ3) is 3.43. The SMILES string of the molecule is COc1ccc(Br)cc1/C=N/n1c(-c2ccccc2Cl)n[nH]c1=S. The van der Waals surface area contributed by atoms with Gasteiger partial charge in [0.1, 0.15) is 5.75 Å². The molecule has 3 rings (SSSR count). The number of halogens is 2. The van der Waals surface area contributed by atoms with Gasteiger partial charge in [-0.3, -0.25) is 0 Å². The van der Waals surface area contributed by atoms with Crippen molar-refractivity contribution in [1.82, 2.24) is 14.9 Å². The number of hydrogen-bond donors (Lipinski definition) is 1. The second kappa shape index (κ2) is 7.29. The topological polar surface area (TPSA) is 55.2 Å². The molecule has 0 fully saturated rings. The Balaban J connectivity index is 2.06. The lowest BCUT2D eigenvalue weighted by Gasteiger charge is -2.05. The summed E-state index contributed by atoms with van der Waals surface area (Å²) in [6, 6.07) is 13.0. The fourth-order valence-corrected chi connectivity index (χ4v) is 2.92. The van der Waals surface area contributed by atoms with Gasteiger partial charge >= 0.3 is 0 Å². The van der Waals surface area contributed by atoms with Gasteiger partial charge in [0.2, 0.25) is 4.77 Å². The monoisotopic (exact) mass is 422 g/mol. The average molecular weight is 424 g/mol. The predicted octanol–water partition coefficient (Wildman–Crippen LogP) is 4.91. The lowest BCUT2D eigenvalue weighted by molar-refractivity contribution is 0.414. The molecule has 0 aliphatic heterocycles. The molecule has 0 spiro atoms. The Bertz CT molecular complexity index is 967. The van der Waals surface area contributed by atoms with E-state index in [-0.39, 0.29) is 0 Å². The smallest absolute Gasteiger partial charge is 0.216 e. The van der Waals surface area contributed by atoms with Crippen LogP contribution in [-0.2, 0) is 0 Å². The molecule has 1 heterocycles. The maximum absolute atomic E-state index is 6.25. The molecule has 2 aromatic carbocycles. The molecule has 3 aromatic rings. The van der Waals surface area contributed by atoms with Gasteiger partial charge in [0.25, 0.3) is 0 Å². The molecule has 0 saturated carbocycles. The number of nitrogens with zero attached hydrogens (tertiary/aromatic N) is 3. The first-order chi connectivity index (χ1) is 11.6. The van der Waals surface area contributed by atoms with Crippen LogP contribution < -0.4 is 4.74 Å². The first-order valence-electron chi connectivity index (χ1n) is 6.90. The van der Waals surface area contributed by atoms with Crippen molar-refractivity contribution < 1.29 is 4.74 Å². The molecule has 1 aromatic heterocycles. The second-order valence-electron chi connectivity index (χ2n) is 4.77. The highest BCUT2D eigenvalue weighted by atomic mass is 79.9. The number of benzene rings is 2. The molecule has 0 aliphatic rings. The first-order valence-corrected chi connectivity index (χ1v) is 8.48. The van der Waals surface area contributed by atoms with Gasteiger partial charge in [0.15, 0.2) is 5.82 Å². The van der Waals surface area contributed by atoms with E-state index >= 15 is 0 Å². The van der Waals surface area contributed by atoms with E-state index in [0.717, 1.165) is 15.6 Å². The van der Waals surface area contributed by atoms with Crippen LogP contribution in [0.5, 0.6) is 5.75 Å². The van der Waals surface area contributed by atoms with Crippen LogP contribution in [0.4, 0.5) is 0 Å². The van der Waals surface area contributed by atoms with E-state index in [9.17, 15) is 0 Å². The van der Waals surface area contributed by atoms with Crippen LogP contribution >= 0.6 is 39.7 Å². The summed E-state index contributed by atoms with van der Waals surface area (Å²) < 4.78 is 8.16. The minimum Gasteiger partial charge on any atom is -0.496 e. The van der Waals surface area contributed by atoms with Gasteiger partial charge in [-0.15, -0.1) is 0 Å². The number of methoxy groups -OCH3 is 1. The van der Waals surface area contributed by atoms with Crippen molar-refractivity contribution in [1.29, 1.82) is 0 Å². The molecular weight excluding hydrogens is 412 g/mol. The quantitative estimate of drug-likeness (QED) is 0.479. The van der Waals surface area contributed by atoms with E-state index in [0.29, 0.717) is 21.4 Å². The summed E-state index contributed by atoms with van der Waals surface area (Å²) in [6.07, 6.45) is 1.66. The summed E-state index contributed by atoms with van der Waals surface area (Å²) in [4.78, 5) is 0. The van der Waals surface area contributed by atoms with Crippen molar-refractivity contribution in [2.24, 2.45) is 5.10 Å². The number of rotatable bonds is 4. The zero-order valence-electron chi connectivity index (χ0n) is 12.5. The normalized spacial score (nSPS) is 11.1. The summed E-state index contributed by atoms with van der Waals surface area (Å²) in [6.45, 7) is 0. The molecule has 0 bridgehead atoms. The van der Waals surface area contributed by atoms with Crippen molar-refractivity contribution in [3.63, 3.8) is 0 Å². The van der Waals surface area contributed by atoms with Crippen LogP contribution in [0.2, 0.25) is 5.02 Å².